The average molecular weight is 282 g/mol. The molecule has 1 atom stereocenters. The second-order valence-corrected chi connectivity index (χ2v) is 5.73. The standard InChI is InChI=1S/C19H26N2/c1-4-16-8-11-19(21-14-16)13-18(20-3)10-9-17-7-5-6-15(2)12-17/h5-8,11-12,14,18,20H,4,9-10,13H2,1-3H3. The predicted molar refractivity (Wildman–Crippen MR) is 89.7 cm³/mol. The fraction of sp³-hybridized carbons (Fsp3) is 0.421. The van der Waals surface area contributed by atoms with Crippen molar-refractivity contribution in [2.45, 2.75) is 45.6 Å². The normalized spacial score (nSPS) is 12.3. The zero-order valence-corrected chi connectivity index (χ0v) is 13.4. The Kier molecular flexibility index (Phi) is 5.94. The molecule has 21 heavy (non-hydrogen) atoms. The molecule has 0 fully saturated rings. The SMILES string of the molecule is CCc1ccc(CC(CCc2cccc(C)c2)NC)nc1. The zero-order chi connectivity index (χ0) is 15.1. The lowest BCUT2D eigenvalue weighted by Crippen LogP contribution is -2.28. The Hall–Kier alpha value is -1.67. The molecule has 1 aromatic heterocycles. The first-order chi connectivity index (χ1) is 10.2. The molecule has 112 valence electrons. The van der Waals surface area contributed by atoms with Crippen molar-refractivity contribution >= 4 is 0 Å². The van der Waals surface area contributed by atoms with E-state index in [1.807, 2.05) is 13.2 Å². The molecular formula is C19H26N2. The Bertz CT molecular complexity index is 546. The van der Waals surface area contributed by atoms with E-state index in [-0.39, 0.29) is 0 Å². The minimum Gasteiger partial charge on any atom is -0.317 e. The van der Waals surface area contributed by atoms with Gasteiger partial charge in [-0.2, -0.15) is 0 Å². The van der Waals surface area contributed by atoms with Gasteiger partial charge in [0.1, 0.15) is 0 Å². The summed E-state index contributed by atoms with van der Waals surface area (Å²) >= 11 is 0. The van der Waals surface area contributed by atoms with Crippen LogP contribution in [0.2, 0.25) is 0 Å². The number of rotatable bonds is 7. The average Bonchev–Trinajstić information content (AvgIpc) is 2.52. The van der Waals surface area contributed by atoms with Crippen LogP contribution in [0.5, 0.6) is 0 Å². The second-order valence-electron chi connectivity index (χ2n) is 5.73. The highest BCUT2D eigenvalue weighted by Crippen LogP contribution is 2.11. The van der Waals surface area contributed by atoms with Gasteiger partial charge in [0.05, 0.1) is 0 Å². The van der Waals surface area contributed by atoms with E-state index in [1.54, 1.807) is 0 Å². The van der Waals surface area contributed by atoms with Crippen molar-refractivity contribution in [2.75, 3.05) is 7.05 Å². The first-order valence-corrected chi connectivity index (χ1v) is 7.88. The monoisotopic (exact) mass is 282 g/mol. The Morgan fingerprint density at radius 2 is 2.00 bits per heavy atom. The van der Waals surface area contributed by atoms with Gasteiger partial charge in [0.2, 0.25) is 0 Å². The van der Waals surface area contributed by atoms with Crippen molar-refractivity contribution in [1.82, 2.24) is 10.3 Å². The van der Waals surface area contributed by atoms with Crippen LogP contribution in [-0.4, -0.2) is 18.1 Å². The molecule has 2 aromatic rings. The molecule has 0 aliphatic rings. The molecule has 0 bridgehead atoms. The number of aryl methyl sites for hydroxylation is 3. The van der Waals surface area contributed by atoms with E-state index in [9.17, 15) is 0 Å². The molecule has 1 unspecified atom stereocenters. The van der Waals surface area contributed by atoms with Gasteiger partial charge in [-0.05, 0) is 50.4 Å². The third kappa shape index (κ3) is 4.98. The molecular weight excluding hydrogens is 256 g/mol. The second kappa shape index (κ2) is 7.94. The minimum absolute atomic E-state index is 0.477. The molecule has 2 rings (SSSR count). The fourth-order valence-electron chi connectivity index (χ4n) is 2.59. The highest BCUT2D eigenvalue weighted by Gasteiger charge is 2.08. The van der Waals surface area contributed by atoms with Gasteiger partial charge in [0.25, 0.3) is 0 Å². The third-order valence-electron chi connectivity index (χ3n) is 4.02. The van der Waals surface area contributed by atoms with Crippen LogP contribution in [-0.2, 0) is 19.3 Å². The van der Waals surface area contributed by atoms with Gasteiger partial charge >= 0.3 is 0 Å². The van der Waals surface area contributed by atoms with Gasteiger partial charge < -0.3 is 5.32 Å². The lowest BCUT2D eigenvalue weighted by atomic mass is 10.0. The Morgan fingerprint density at radius 3 is 2.62 bits per heavy atom. The maximum Gasteiger partial charge on any atom is 0.0419 e. The Morgan fingerprint density at radius 1 is 1.14 bits per heavy atom. The summed E-state index contributed by atoms with van der Waals surface area (Å²) in [6.45, 7) is 4.31. The number of likely N-dealkylation sites (N-methyl/N-ethyl adjacent to an activating group) is 1. The Labute approximate surface area is 128 Å². The summed E-state index contributed by atoms with van der Waals surface area (Å²) in [6, 6.07) is 13.6. The number of aromatic nitrogens is 1. The molecule has 0 aliphatic carbocycles. The minimum atomic E-state index is 0.477. The van der Waals surface area contributed by atoms with Crippen molar-refractivity contribution < 1.29 is 0 Å². The summed E-state index contributed by atoms with van der Waals surface area (Å²) in [7, 11) is 2.04. The molecule has 0 saturated heterocycles. The van der Waals surface area contributed by atoms with E-state index in [2.05, 4.69) is 60.5 Å². The third-order valence-corrected chi connectivity index (χ3v) is 4.02. The summed E-state index contributed by atoms with van der Waals surface area (Å²) in [4.78, 5) is 4.57. The van der Waals surface area contributed by atoms with Gasteiger partial charge in [-0.25, -0.2) is 0 Å². The molecule has 1 aromatic carbocycles. The quantitative estimate of drug-likeness (QED) is 0.837. The highest BCUT2D eigenvalue weighted by atomic mass is 14.9. The topological polar surface area (TPSA) is 24.9 Å². The van der Waals surface area contributed by atoms with Gasteiger partial charge in [0.15, 0.2) is 0 Å². The van der Waals surface area contributed by atoms with Crippen LogP contribution in [0.4, 0.5) is 0 Å². The maximum absolute atomic E-state index is 4.57. The molecule has 0 saturated carbocycles. The van der Waals surface area contributed by atoms with Crippen LogP contribution in [0, 0.1) is 6.92 Å². The van der Waals surface area contributed by atoms with E-state index >= 15 is 0 Å². The number of benzene rings is 1. The molecule has 2 nitrogen and oxygen atoms in total. The van der Waals surface area contributed by atoms with Crippen LogP contribution in [0.3, 0.4) is 0 Å². The van der Waals surface area contributed by atoms with Crippen molar-refractivity contribution in [1.29, 1.82) is 0 Å². The largest absolute Gasteiger partial charge is 0.317 e. The number of hydrogen-bond acceptors (Lipinski definition) is 2. The summed E-state index contributed by atoms with van der Waals surface area (Å²) in [5, 5.41) is 3.42. The van der Waals surface area contributed by atoms with Gasteiger partial charge in [-0.1, -0.05) is 42.8 Å². The van der Waals surface area contributed by atoms with Gasteiger partial charge in [-0.15, -0.1) is 0 Å². The summed E-state index contributed by atoms with van der Waals surface area (Å²) in [5.41, 5.74) is 5.24. The van der Waals surface area contributed by atoms with Crippen molar-refractivity contribution in [3.8, 4) is 0 Å². The van der Waals surface area contributed by atoms with E-state index in [0.717, 1.165) is 25.7 Å². The zero-order valence-electron chi connectivity index (χ0n) is 13.4. The molecule has 0 spiro atoms. The summed E-state index contributed by atoms with van der Waals surface area (Å²) in [6.07, 6.45) is 6.29. The maximum atomic E-state index is 4.57. The van der Waals surface area contributed by atoms with E-state index in [0.29, 0.717) is 6.04 Å². The number of nitrogens with zero attached hydrogens (tertiary/aromatic N) is 1. The lowest BCUT2D eigenvalue weighted by Gasteiger charge is -2.16. The van der Waals surface area contributed by atoms with Gasteiger partial charge in [-0.3, -0.25) is 4.98 Å². The Balaban J connectivity index is 1.90. The highest BCUT2D eigenvalue weighted by molar-refractivity contribution is 5.22. The fourth-order valence-corrected chi connectivity index (χ4v) is 2.59. The smallest absolute Gasteiger partial charge is 0.0419 e. The van der Waals surface area contributed by atoms with Crippen LogP contribution < -0.4 is 5.32 Å². The molecule has 0 aliphatic heterocycles. The molecule has 1 N–H and O–H groups in total. The first kappa shape index (κ1) is 15.7. The lowest BCUT2D eigenvalue weighted by molar-refractivity contribution is 0.515. The number of hydrogen-bond donors (Lipinski definition) is 1. The summed E-state index contributed by atoms with van der Waals surface area (Å²) < 4.78 is 0. The summed E-state index contributed by atoms with van der Waals surface area (Å²) in [5.74, 6) is 0. The number of pyridine rings is 1. The van der Waals surface area contributed by atoms with Gasteiger partial charge in [0, 0.05) is 24.4 Å². The van der Waals surface area contributed by atoms with Crippen molar-refractivity contribution in [3.05, 3.63) is 65.0 Å². The van der Waals surface area contributed by atoms with E-state index in [1.165, 1.54) is 22.4 Å². The van der Waals surface area contributed by atoms with Crippen LogP contribution >= 0.6 is 0 Å². The first-order valence-electron chi connectivity index (χ1n) is 7.88. The van der Waals surface area contributed by atoms with E-state index < -0.39 is 0 Å². The van der Waals surface area contributed by atoms with Crippen molar-refractivity contribution in [2.24, 2.45) is 0 Å². The van der Waals surface area contributed by atoms with Crippen molar-refractivity contribution in [3.63, 3.8) is 0 Å². The predicted octanol–water partition coefficient (Wildman–Crippen LogP) is 3.72. The van der Waals surface area contributed by atoms with Crippen LogP contribution in [0.1, 0.15) is 35.7 Å². The van der Waals surface area contributed by atoms with E-state index in [4.69, 9.17) is 0 Å². The van der Waals surface area contributed by atoms with Crippen LogP contribution in [0.25, 0.3) is 0 Å². The molecule has 0 radical (unpaired) electrons. The van der Waals surface area contributed by atoms with Crippen LogP contribution in [0.15, 0.2) is 42.6 Å². The molecule has 1 heterocycles. The molecule has 2 heteroatoms. The number of nitrogens with one attached hydrogen (secondary N) is 1. The molecule has 0 amide bonds.